The van der Waals surface area contributed by atoms with Crippen LogP contribution in [-0.4, -0.2) is 13.4 Å². The molecule has 0 unspecified atom stereocenters. The minimum Gasteiger partial charge on any atom is -0.490 e. The van der Waals surface area contributed by atoms with E-state index in [-0.39, 0.29) is 6.79 Å². The van der Waals surface area contributed by atoms with Gasteiger partial charge in [0.15, 0.2) is 23.0 Å². The van der Waals surface area contributed by atoms with Gasteiger partial charge < -0.3 is 24.3 Å². The molecule has 3 aromatic rings. The van der Waals surface area contributed by atoms with Gasteiger partial charge in [-0.1, -0.05) is 29.8 Å². The van der Waals surface area contributed by atoms with E-state index in [2.05, 4.69) is 5.32 Å². The Kier molecular flexibility index (Phi) is 5.96. The van der Waals surface area contributed by atoms with Crippen LogP contribution in [0.2, 0.25) is 5.02 Å². The lowest BCUT2D eigenvalue weighted by molar-refractivity contribution is 0.174. The predicted octanol–water partition coefficient (Wildman–Crippen LogP) is 5.66. The molecule has 4 rings (SSSR count). The Labute approximate surface area is 175 Å². The summed E-state index contributed by atoms with van der Waals surface area (Å²) in [4.78, 5) is 0. The molecule has 0 radical (unpaired) electrons. The van der Waals surface area contributed by atoms with Gasteiger partial charge in [-0.15, -0.1) is 0 Å². The maximum atomic E-state index is 5.96. The van der Waals surface area contributed by atoms with E-state index in [1.54, 1.807) is 0 Å². The lowest BCUT2D eigenvalue weighted by Crippen LogP contribution is -2.03. The standard InChI is InChI=1S/C23H22ClNO4/c1-2-26-22-11-17(13-25-19-8-10-21-23(12-19)29-15-28-21)5-9-20(22)27-14-16-3-6-18(24)7-4-16/h3-12,25H,2,13-15H2,1H3. The van der Waals surface area contributed by atoms with Gasteiger partial charge in [-0.3, -0.25) is 0 Å². The molecule has 1 N–H and O–H groups in total. The Balaban J connectivity index is 1.41. The molecule has 0 aliphatic carbocycles. The summed E-state index contributed by atoms with van der Waals surface area (Å²) in [6.45, 7) is 3.90. The lowest BCUT2D eigenvalue weighted by atomic mass is 10.2. The molecule has 0 saturated carbocycles. The van der Waals surface area contributed by atoms with Crippen LogP contribution in [0.15, 0.2) is 60.7 Å². The number of hydrogen-bond donors (Lipinski definition) is 1. The molecular formula is C23H22ClNO4. The number of hydrogen-bond acceptors (Lipinski definition) is 5. The van der Waals surface area contributed by atoms with Gasteiger partial charge in [0.05, 0.1) is 6.61 Å². The third-order valence-corrected chi connectivity index (χ3v) is 4.74. The third kappa shape index (κ3) is 4.87. The molecule has 1 aliphatic heterocycles. The second-order valence-electron chi connectivity index (χ2n) is 6.55. The number of rotatable bonds is 8. The van der Waals surface area contributed by atoms with E-state index in [0.29, 0.717) is 30.5 Å². The third-order valence-electron chi connectivity index (χ3n) is 4.48. The first kappa shape index (κ1) is 19.3. The molecule has 0 atom stereocenters. The fourth-order valence-electron chi connectivity index (χ4n) is 3.00. The van der Waals surface area contributed by atoms with Crippen LogP contribution in [0.5, 0.6) is 23.0 Å². The van der Waals surface area contributed by atoms with E-state index in [9.17, 15) is 0 Å². The van der Waals surface area contributed by atoms with E-state index in [1.807, 2.05) is 67.6 Å². The van der Waals surface area contributed by atoms with Crippen LogP contribution in [-0.2, 0) is 13.2 Å². The minimum atomic E-state index is 0.272. The Morgan fingerprint density at radius 2 is 1.66 bits per heavy atom. The van der Waals surface area contributed by atoms with Crippen molar-refractivity contribution in [3.05, 3.63) is 76.8 Å². The first-order valence-corrected chi connectivity index (χ1v) is 9.85. The summed E-state index contributed by atoms with van der Waals surface area (Å²) in [6, 6.07) is 19.4. The highest BCUT2D eigenvalue weighted by Crippen LogP contribution is 2.35. The maximum absolute atomic E-state index is 5.96. The number of anilines is 1. The van der Waals surface area contributed by atoms with Crippen molar-refractivity contribution >= 4 is 17.3 Å². The van der Waals surface area contributed by atoms with Crippen molar-refractivity contribution in [3.63, 3.8) is 0 Å². The topological polar surface area (TPSA) is 49.0 Å². The van der Waals surface area contributed by atoms with Gasteiger partial charge in [0, 0.05) is 23.3 Å². The summed E-state index contributed by atoms with van der Waals surface area (Å²) in [5.74, 6) is 2.98. The average molecular weight is 412 g/mol. The summed E-state index contributed by atoms with van der Waals surface area (Å²) in [7, 11) is 0. The molecule has 1 heterocycles. The molecule has 0 bridgehead atoms. The Morgan fingerprint density at radius 1 is 0.862 bits per heavy atom. The molecule has 29 heavy (non-hydrogen) atoms. The Morgan fingerprint density at radius 3 is 2.48 bits per heavy atom. The van der Waals surface area contributed by atoms with Crippen molar-refractivity contribution < 1.29 is 18.9 Å². The van der Waals surface area contributed by atoms with E-state index < -0.39 is 0 Å². The second-order valence-corrected chi connectivity index (χ2v) is 6.99. The summed E-state index contributed by atoms with van der Waals surface area (Å²) >= 11 is 5.93. The Hall–Kier alpha value is -3.05. The molecular weight excluding hydrogens is 390 g/mol. The van der Waals surface area contributed by atoms with Crippen molar-refractivity contribution in [1.29, 1.82) is 0 Å². The van der Waals surface area contributed by atoms with Crippen molar-refractivity contribution in [1.82, 2.24) is 0 Å². The Bertz CT molecular complexity index is 975. The second kappa shape index (κ2) is 8.97. The predicted molar refractivity (Wildman–Crippen MR) is 113 cm³/mol. The number of benzene rings is 3. The number of ether oxygens (including phenoxy) is 4. The molecule has 0 saturated heterocycles. The normalized spacial score (nSPS) is 11.9. The van der Waals surface area contributed by atoms with Crippen LogP contribution in [0.1, 0.15) is 18.1 Å². The van der Waals surface area contributed by atoms with E-state index in [1.165, 1.54) is 0 Å². The maximum Gasteiger partial charge on any atom is 0.231 e. The molecule has 3 aromatic carbocycles. The van der Waals surface area contributed by atoms with Crippen LogP contribution in [0, 0.1) is 0 Å². The van der Waals surface area contributed by atoms with Gasteiger partial charge in [0.2, 0.25) is 6.79 Å². The zero-order valence-electron chi connectivity index (χ0n) is 16.1. The van der Waals surface area contributed by atoms with Crippen molar-refractivity contribution in [2.45, 2.75) is 20.1 Å². The van der Waals surface area contributed by atoms with Crippen LogP contribution in [0.25, 0.3) is 0 Å². The molecule has 1 aliphatic rings. The summed E-state index contributed by atoms with van der Waals surface area (Å²) < 4.78 is 22.5. The molecule has 6 heteroatoms. The van der Waals surface area contributed by atoms with E-state index >= 15 is 0 Å². The fourth-order valence-corrected chi connectivity index (χ4v) is 3.13. The highest BCUT2D eigenvalue weighted by atomic mass is 35.5. The smallest absolute Gasteiger partial charge is 0.231 e. The first-order chi connectivity index (χ1) is 14.2. The summed E-state index contributed by atoms with van der Waals surface area (Å²) in [5, 5.41) is 4.11. The van der Waals surface area contributed by atoms with Gasteiger partial charge in [0.25, 0.3) is 0 Å². The molecule has 0 fully saturated rings. The minimum absolute atomic E-state index is 0.272. The summed E-state index contributed by atoms with van der Waals surface area (Å²) in [6.07, 6.45) is 0. The lowest BCUT2D eigenvalue weighted by Gasteiger charge is -2.14. The molecule has 0 amide bonds. The van der Waals surface area contributed by atoms with Gasteiger partial charge in [0.1, 0.15) is 6.61 Å². The van der Waals surface area contributed by atoms with E-state index in [0.717, 1.165) is 34.1 Å². The van der Waals surface area contributed by atoms with Crippen molar-refractivity contribution in [3.8, 4) is 23.0 Å². The van der Waals surface area contributed by atoms with Crippen LogP contribution in [0.3, 0.4) is 0 Å². The molecule has 150 valence electrons. The van der Waals surface area contributed by atoms with Gasteiger partial charge >= 0.3 is 0 Å². The average Bonchev–Trinajstić information content (AvgIpc) is 3.21. The number of halogens is 1. The largest absolute Gasteiger partial charge is 0.490 e. The van der Waals surface area contributed by atoms with Crippen molar-refractivity contribution in [2.75, 3.05) is 18.7 Å². The number of nitrogens with one attached hydrogen (secondary N) is 1. The van der Waals surface area contributed by atoms with E-state index in [4.69, 9.17) is 30.5 Å². The summed E-state index contributed by atoms with van der Waals surface area (Å²) in [5.41, 5.74) is 3.10. The van der Waals surface area contributed by atoms with Crippen molar-refractivity contribution in [2.24, 2.45) is 0 Å². The van der Waals surface area contributed by atoms with Gasteiger partial charge in [-0.25, -0.2) is 0 Å². The van der Waals surface area contributed by atoms with Crippen LogP contribution in [0.4, 0.5) is 5.69 Å². The molecule has 0 spiro atoms. The first-order valence-electron chi connectivity index (χ1n) is 9.48. The zero-order chi connectivity index (χ0) is 20.1. The molecule has 5 nitrogen and oxygen atoms in total. The fraction of sp³-hybridized carbons (Fsp3) is 0.217. The van der Waals surface area contributed by atoms with Gasteiger partial charge in [-0.05, 0) is 54.4 Å². The highest BCUT2D eigenvalue weighted by molar-refractivity contribution is 6.30. The van der Waals surface area contributed by atoms with Crippen LogP contribution >= 0.6 is 11.6 Å². The number of fused-ring (bicyclic) bond motifs is 1. The monoisotopic (exact) mass is 411 g/mol. The quantitative estimate of drug-likeness (QED) is 0.518. The molecule has 0 aromatic heterocycles. The van der Waals surface area contributed by atoms with Crippen LogP contribution < -0.4 is 24.3 Å². The zero-order valence-corrected chi connectivity index (χ0v) is 16.9. The van der Waals surface area contributed by atoms with Gasteiger partial charge in [-0.2, -0.15) is 0 Å². The highest BCUT2D eigenvalue weighted by Gasteiger charge is 2.13. The SMILES string of the molecule is CCOc1cc(CNc2ccc3c(c2)OCO3)ccc1OCc1ccc(Cl)cc1.